The van der Waals surface area contributed by atoms with E-state index in [4.69, 9.17) is 21.7 Å². The van der Waals surface area contributed by atoms with Gasteiger partial charge in [0.2, 0.25) is 0 Å². The molecule has 2 rings (SSSR count). The van der Waals surface area contributed by atoms with Crippen molar-refractivity contribution in [2.45, 2.75) is 27.0 Å². The molecular formula is C13H17N3O2S. The Morgan fingerprint density at radius 1 is 1.16 bits per heavy atom. The molecule has 0 aliphatic carbocycles. The standard InChI is InChI=1S/C13H17N3O2S/c1-3-16-12(14-15-13(16)19)9-18-11-7-5-10(6-8-11)17-4-2/h5-8H,3-4,9H2,1-2H3,(H,15,19). The zero-order chi connectivity index (χ0) is 13.7. The summed E-state index contributed by atoms with van der Waals surface area (Å²) in [6, 6.07) is 7.52. The van der Waals surface area contributed by atoms with Crippen LogP contribution in [0.4, 0.5) is 0 Å². The smallest absolute Gasteiger partial charge is 0.195 e. The largest absolute Gasteiger partial charge is 0.494 e. The number of benzene rings is 1. The molecule has 0 saturated heterocycles. The molecule has 6 heteroatoms. The highest BCUT2D eigenvalue weighted by molar-refractivity contribution is 7.71. The van der Waals surface area contributed by atoms with Gasteiger partial charge in [-0.2, -0.15) is 5.10 Å². The summed E-state index contributed by atoms with van der Waals surface area (Å²) >= 11 is 5.12. The van der Waals surface area contributed by atoms with Crippen LogP contribution in [0.2, 0.25) is 0 Å². The molecule has 0 bridgehead atoms. The van der Waals surface area contributed by atoms with Crippen LogP contribution in [0.5, 0.6) is 11.5 Å². The van der Waals surface area contributed by atoms with E-state index in [9.17, 15) is 0 Å². The van der Waals surface area contributed by atoms with Crippen molar-refractivity contribution in [3.05, 3.63) is 34.9 Å². The van der Waals surface area contributed by atoms with Gasteiger partial charge in [-0.15, -0.1) is 0 Å². The number of aromatic amines is 1. The SMILES string of the molecule is CCOc1ccc(OCc2n[nH]c(=S)n2CC)cc1. The molecule has 0 unspecified atom stereocenters. The van der Waals surface area contributed by atoms with Crippen molar-refractivity contribution in [3.63, 3.8) is 0 Å². The Labute approximate surface area is 117 Å². The summed E-state index contributed by atoms with van der Waals surface area (Å²) in [6.07, 6.45) is 0. The van der Waals surface area contributed by atoms with Crippen molar-refractivity contribution < 1.29 is 9.47 Å². The van der Waals surface area contributed by atoms with E-state index in [-0.39, 0.29) is 0 Å². The third-order valence-electron chi connectivity index (χ3n) is 2.66. The normalized spacial score (nSPS) is 10.4. The predicted molar refractivity (Wildman–Crippen MR) is 75.0 cm³/mol. The molecule has 0 atom stereocenters. The summed E-state index contributed by atoms with van der Waals surface area (Å²) in [5.74, 6) is 2.41. The van der Waals surface area contributed by atoms with Crippen molar-refractivity contribution in [2.75, 3.05) is 6.61 Å². The lowest BCUT2D eigenvalue weighted by atomic mass is 10.3. The van der Waals surface area contributed by atoms with E-state index < -0.39 is 0 Å². The van der Waals surface area contributed by atoms with E-state index in [1.165, 1.54) is 0 Å². The minimum atomic E-state index is 0.384. The third-order valence-corrected chi connectivity index (χ3v) is 2.97. The molecule has 0 spiro atoms. The predicted octanol–water partition coefficient (Wildman–Crippen LogP) is 2.94. The number of ether oxygens (including phenoxy) is 2. The van der Waals surface area contributed by atoms with Crippen molar-refractivity contribution in [1.82, 2.24) is 14.8 Å². The van der Waals surface area contributed by atoms with E-state index >= 15 is 0 Å². The molecule has 0 radical (unpaired) electrons. The molecule has 0 saturated carbocycles. The van der Waals surface area contributed by atoms with Crippen molar-refractivity contribution in [2.24, 2.45) is 0 Å². The van der Waals surface area contributed by atoms with Crippen LogP contribution in [-0.4, -0.2) is 21.4 Å². The number of hydrogen-bond acceptors (Lipinski definition) is 4. The fraction of sp³-hybridized carbons (Fsp3) is 0.385. The van der Waals surface area contributed by atoms with Gasteiger partial charge in [0.1, 0.15) is 18.1 Å². The molecular weight excluding hydrogens is 262 g/mol. The molecule has 0 aliphatic rings. The van der Waals surface area contributed by atoms with Gasteiger partial charge in [-0.3, -0.25) is 5.10 Å². The maximum Gasteiger partial charge on any atom is 0.195 e. The highest BCUT2D eigenvalue weighted by Crippen LogP contribution is 2.18. The Bertz CT molecular complexity index is 574. The zero-order valence-electron chi connectivity index (χ0n) is 11.0. The van der Waals surface area contributed by atoms with Crippen LogP contribution in [0.25, 0.3) is 0 Å². The Morgan fingerprint density at radius 3 is 2.37 bits per heavy atom. The lowest BCUT2D eigenvalue weighted by molar-refractivity contribution is 0.288. The number of aromatic nitrogens is 3. The topological polar surface area (TPSA) is 52.1 Å². The summed E-state index contributed by atoms with van der Waals surface area (Å²) in [4.78, 5) is 0. The highest BCUT2D eigenvalue weighted by atomic mass is 32.1. The summed E-state index contributed by atoms with van der Waals surface area (Å²) in [5.41, 5.74) is 0. The number of nitrogens with zero attached hydrogens (tertiary/aromatic N) is 2. The molecule has 0 fully saturated rings. The number of H-pyrrole nitrogens is 1. The molecule has 0 aliphatic heterocycles. The van der Waals surface area contributed by atoms with Crippen LogP contribution < -0.4 is 9.47 Å². The van der Waals surface area contributed by atoms with E-state index in [1.54, 1.807) is 0 Å². The van der Waals surface area contributed by atoms with Crippen molar-refractivity contribution in [3.8, 4) is 11.5 Å². The second kappa shape index (κ2) is 6.38. The van der Waals surface area contributed by atoms with Crippen LogP contribution in [0.3, 0.4) is 0 Å². The van der Waals surface area contributed by atoms with Gasteiger partial charge in [0.05, 0.1) is 6.61 Å². The van der Waals surface area contributed by atoms with Gasteiger partial charge in [-0.05, 0) is 50.3 Å². The number of hydrogen-bond donors (Lipinski definition) is 1. The lowest BCUT2D eigenvalue weighted by Crippen LogP contribution is -2.06. The quantitative estimate of drug-likeness (QED) is 0.826. The third kappa shape index (κ3) is 3.35. The molecule has 0 amide bonds. The maximum absolute atomic E-state index is 5.68. The lowest BCUT2D eigenvalue weighted by Gasteiger charge is -2.08. The molecule has 102 valence electrons. The molecule has 19 heavy (non-hydrogen) atoms. The number of rotatable bonds is 6. The first-order valence-corrected chi connectivity index (χ1v) is 6.65. The highest BCUT2D eigenvalue weighted by Gasteiger charge is 2.05. The fourth-order valence-electron chi connectivity index (χ4n) is 1.73. The summed E-state index contributed by atoms with van der Waals surface area (Å²) in [6.45, 7) is 5.79. The first-order chi connectivity index (χ1) is 9.24. The first kappa shape index (κ1) is 13.6. The average molecular weight is 279 g/mol. The molecule has 1 N–H and O–H groups in total. The molecule has 2 aromatic rings. The maximum atomic E-state index is 5.68. The summed E-state index contributed by atoms with van der Waals surface area (Å²) < 4.78 is 13.6. The molecule has 1 heterocycles. The minimum Gasteiger partial charge on any atom is -0.494 e. The summed E-state index contributed by atoms with van der Waals surface area (Å²) in [7, 11) is 0. The second-order valence-electron chi connectivity index (χ2n) is 3.88. The molecule has 1 aromatic carbocycles. The van der Waals surface area contributed by atoms with Crippen molar-refractivity contribution in [1.29, 1.82) is 0 Å². The Kier molecular flexibility index (Phi) is 4.57. The van der Waals surface area contributed by atoms with Gasteiger partial charge in [-0.25, -0.2) is 0 Å². The van der Waals surface area contributed by atoms with E-state index in [2.05, 4.69) is 10.2 Å². The number of nitrogens with one attached hydrogen (secondary N) is 1. The van der Waals surface area contributed by atoms with E-state index in [1.807, 2.05) is 42.7 Å². The van der Waals surface area contributed by atoms with E-state index in [0.717, 1.165) is 23.9 Å². The van der Waals surface area contributed by atoms with Gasteiger partial charge >= 0.3 is 0 Å². The average Bonchev–Trinajstić information content (AvgIpc) is 2.79. The van der Waals surface area contributed by atoms with Gasteiger partial charge in [-0.1, -0.05) is 0 Å². The Morgan fingerprint density at radius 2 is 1.79 bits per heavy atom. The molecule has 1 aromatic heterocycles. The van der Waals surface area contributed by atoms with E-state index in [0.29, 0.717) is 18.0 Å². The van der Waals surface area contributed by atoms with Gasteiger partial charge in [0.25, 0.3) is 0 Å². The second-order valence-corrected chi connectivity index (χ2v) is 4.27. The van der Waals surface area contributed by atoms with Crippen LogP contribution in [0.1, 0.15) is 19.7 Å². The van der Waals surface area contributed by atoms with Crippen LogP contribution >= 0.6 is 12.2 Å². The first-order valence-electron chi connectivity index (χ1n) is 6.24. The Hall–Kier alpha value is -1.82. The van der Waals surface area contributed by atoms with Gasteiger partial charge < -0.3 is 14.0 Å². The molecule has 5 nitrogen and oxygen atoms in total. The zero-order valence-corrected chi connectivity index (χ0v) is 11.9. The Balaban J connectivity index is 2.00. The van der Waals surface area contributed by atoms with Crippen LogP contribution in [0.15, 0.2) is 24.3 Å². The van der Waals surface area contributed by atoms with Crippen LogP contribution in [0, 0.1) is 4.77 Å². The van der Waals surface area contributed by atoms with Gasteiger partial charge in [0, 0.05) is 6.54 Å². The summed E-state index contributed by atoms with van der Waals surface area (Å²) in [5, 5.41) is 6.91. The minimum absolute atomic E-state index is 0.384. The fourth-order valence-corrected chi connectivity index (χ4v) is 2.01. The monoisotopic (exact) mass is 279 g/mol. The van der Waals surface area contributed by atoms with Crippen LogP contribution in [-0.2, 0) is 13.2 Å². The van der Waals surface area contributed by atoms with Crippen molar-refractivity contribution >= 4 is 12.2 Å². The van der Waals surface area contributed by atoms with Gasteiger partial charge in [0.15, 0.2) is 10.6 Å².